The normalized spacial score (nSPS) is 24.5. The Kier molecular flexibility index (Phi) is 4.13. The van der Waals surface area contributed by atoms with Crippen molar-refractivity contribution in [1.29, 1.82) is 0 Å². The molecule has 0 aliphatic heterocycles. The van der Waals surface area contributed by atoms with Gasteiger partial charge < -0.3 is 5.11 Å². The van der Waals surface area contributed by atoms with Gasteiger partial charge in [0.15, 0.2) is 0 Å². The highest BCUT2D eigenvalue weighted by Crippen LogP contribution is 2.34. The van der Waals surface area contributed by atoms with Gasteiger partial charge in [-0.2, -0.15) is 0 Å². The Balaban J connectivity index is 1.99. The first-order valence-electron chi connectivity index (χ1n) is 6.37. The summed E-state index contributed by atoms with van der Waals surface area (Å²) in [5.41, 5.74) is 1.09. The number of hydrogen-bond donors (Lipinski definition) is 1. The van der Waals surface area contributed by atoms with E-state index in [4.69, 9.17) is 5.11 Å². The van der Waals surface area contributed by atoms with E-state index in [0.717, 1.165) is 25.0 Å². The predicted molar refractivity (Wildman–Crippen MR) is 65.6 cm³/mol. The van der Waals surface area contributed by atoms with Crippen LogP contribution in [0.4, 0.5) is 0 Å². The molecule has 1 aliphatic carbocycles. The van der Waals surface area contributed by atoms with Crippen molar-refractivity contribution in [3.05, 3.63) is 30.1 Å². The molecular weight excluding hydrogens is 214 g/mol. The molecule has 1 aromatic heterocycles. The molecule has 0 saturated heterocycles. The molecule has 1 heterocycles. The second-order valence-electron chi connectivity index (χ2n) is 4.93. The summed E-state index contributed by atoms with van der Waals surface area (Å²) < 4.78 is 0. The molecule has 3 heteroatoms. The molecule has 1 N–H and O–H groups in total. The van der Waals surface area contributed by atoms with Gasteiger partial charge in [-0.05, 0) is 43.2 Å². The Morgan fingerprint density at radius 2 is 2.06 bits per heavy atom. The lowest BCUT2D eigenvalue weighted by Crippen LogP contribution is -2.24. The standard InChI is InChI=1S/C14H19NO2/c16-14(17)10-12-6-2-1-5-11(12)9-13-7-3-4-8-15-13/h3-4,7-8,11-12H,1-2,5-6,9-10H2,(H,16,17). The van der Waals surface area contributed by atoms with Gasteiger partial charge in [-0.3, -0.25) is 9.78 Å². The van der Waals surface area contributed by atoms with Gasteiger partial charge in [0.05, 0.1) is 0 Å². The zero-order chi connectivity index (χ0) is 12.1. The summed E-state index contributed by atoms with van der Waals surface area (Å²) in [6.07, 6.45) is 7.67. The van der Waals surface area contributed by atoms with Gasteiger partial charge >= 0.3 is 5.97 Å². The number of aromatic nitrogens is 1. The van der Waals surface area contributed by atoms with E-state index in [-0.39, 0.29) is 0 Å². The Morgan fingerprint density at radius 3 is 2.71 bits per heavy atom. The van der Waals surface area contributed by atoms with Gasteiger partial charge in [0.2, 0.25) is 0 Å². The fraction of sp³-hybridized carbons (Fsp3) is 0.571. The van der Waals surface area contributed by atoms with Crippen molar-refractivity contribution in [3.63, 3.8) is 0 Å². The van der Waals surface area contributed by atoms with Crippen molar-refractivity contribution in [1.82, 2.24) is 4.98 Å². The van der Waals surface area contributed by atoms with E-state index in [9.17, 15) is 4.79 Å². The summed E-state index contributed by atoms with van der Waals surface area (Å²) in [6.45, 7) is 0. The van der Waals surface area contributed by atoms with Crippen molar-refractivity contribution in [2.75, 3.05) is 0 Å². The molecule has 2 unspecified atom stereocenters. The SMILES string of the molecule is O=C(O)CC1CCCCC1Cc1ccccn1. The third kappa shape index (κ3) is 3.55. The minimum absolute atomic E-state index is 0.317. The van der Waals surface area contributed by atoms with Gasteiger partial charge in [0.25, 0.3) is 0 Å². The monoisotopic (exact) mass is 233 g/mol. The highest BCUT2D eigenvalue weighted by molar-refractivity contribution is 5.67. The zero-order valence-electron chi connectivity index (χ0n) is 10.0. The highest BCUT2D eigenvalue weighted by Gasteiger charge is 2.27. The average molecular weight is 233 g/mol. The number of carbonyl (C=O) groups is 1. The van der Waals surface area contributed by atoms with E-state index < -0.39 is 5.97 Å². The second-order valence-corrected chi connectivity index (χ2v) is 4.93. The first kappa shape index (κ1) is 12.1. The van der Waals surface area contributed by atoms with Gasteiger partial charge in [0.1, 0.15) is 0 Å². The third-order valence-electron chi connectivity index (χ3n) is 3.70. The lowest BCUT2D eigenvalue weighted by Gasteiger charge is -2.30. The molecule has 0 aromatic carbocycles. The molecular formula is C14H19NO2. The van der Waals surface area contributed by atoms with Crippen LogP contribution >= 0.6 is 0 Å². The van der Waals surface area contributed by atoms with Gasteiger partial charge in [0, 0.05) is 18.3 Å². The van der Waals surface area contributed by atoms with Crippen molar-refractivity contribution in [2.45, 2.75) is 38.5 Å². The second kappa shape index (κ2) is 5.80. The van der Waals surface area contributed by atoms with Crippen LogP contribution in [-0.4, -0.2) is 16.1 Å². The number of carboxylic acid groups (broad SMARTS) is 1. The lowest BCUT2D eigenvalue weighted by atomic mass is 9.75. The number of nitrogens with zero attached hydrogens (tertiary/aromatic N) is 1. The van der Waals surface area contributed by atoms with Gasteiger partial charge in [-0.15, -0.1) is 0 Å². The highest BCUT2D eigenvalue weighted by atomic mass is 16.4. The minimum Gasteiger partial charge on any atom is -0.481 e. The van der Waals surface area contributed by atoms with Crippen molar-refractivity contribution < 1.29 is 9.90 Å². The Hall–Kier alpha value is -1.38. The van der Waals surface area contributed by atoms with Crippen LogP contribution in [-0.2, 0) is 11.2 Å². The number of hydrogen-bond acceptors (Lipinski definition) is 2. The summed E-state index contributed by atoms with van der Waals surface area (Å²) in [6, 6.07) is 5.95. The maximum Gasteiger partial charge on any atom is 0.303 e. The quantitative estimate of drug-likeness (QED) is 0.870. The van der Waals surface area contributed by atoms with E-state index in [0.29, 0.717) is 18.3 Å². The molecule has 17 heavy (non-hydrogen) atoms. The molecule has 0 radical (unpaired) electrons. The van der Waals surface area contributed by atoms with Crippen LogP contribution in [0.1, 0.15) is 37.8 Å². The summed E-state index contributed by atoms with van der Waals surface area (Å²) >= 11 is 0. The van der Waals surface area contributed by atoms with Crippen LogP contribution in [0, 0.1) is 11.8 Å². The third-order valence-corrected chi connectivity index (χ3v) is 3.70. The molecule has 1 aromatic rings. The molecule has 2 rings (SSSR count). The van der Waals surface area contributed by atoms with Crippen molar-refractivity contribution >= 4 is 5.97 Å². The summed E-state index contributed by atoms with van der Waals surface area (Å²) in [7, 11) is 0. The maximum atomic E-state index is 10.8. The van der Waals surface area contributed by atoms with Crippen LogP contribution in [0.3, 0.4) is 0 Å². The van der Waals surface area contributed by atoms with Gasteiger partial charge in [-0.25, -0.2) is 0 Å². The van der Waals surface area contributed by atoms with E-state index in [1.807, 2.05) is 24.4 Å². The molecule has 1 aliphatic rings. The Morgan fingerprint density at radius 1 is 1.29 bits per heavy atom. The summed E-state index contributed by atoms with van der Waals surface area (Å²) in [5.74, 6) is 0.168. The van der Waals surface area contributed by atoms with E-state index in [1.54, 1.807) is 0 Å². The molecule has 2 atom stereocenters. The fourth-order valence-corrected chi connectivity index (χ4v) is 2.83. The molecule has 0 amide bonds. The zero-order valence-corrected chi connectivity index (χ0v) is 10.0. The first-order chi connectivity index (χ1) is 8.25. The first-order valence-corrected chi connectivity index (χ1v) is 6.37. The predicted octanol–water partition coefficient (Wildman–Crippen LogP) is 2.91. The molecule has 1 fully saturated rings. The topological polar surface area (TPSA) is 50.2 Å². The van der Waals surface area contributed by atoms with Crippen molar-refractivity contribution in [3.8, 4) is 0 Å². The number of rotatable bonds is 4. The van der Waals surface area contributed by atoms with Crippen LogP contribution in [0.2, 0.25) is 0 Å². The van der Waals surface area contributed by atoms with Crippen molar-refractivity contribution in [2.24, 2.45) is 11.8 Å². The smallest absolute Gasteiger partial charge is 0.303 e. The van der Waals surface area contributed by atoms with Gasteiger partial charge in [-0.1, -0.05) is 18.9 Å². The molecule has 3 nitrogen and oxygen atoms in total. The van der Waals surface area contributed by atoms with Crippen LogP contribution in [0.5, 0.6) is 0 Å². The number of carboxylic acids is 1. The summed E-state index contributed by atoms with van der Waals surface area (Å²) in [5, 5.41) is 8.93. The average Bonchev–Trinajstić information content (AvgIpc) is 2.32. The number of aliphatic carboxylic acids is 1. The number of pyridine rings is 1. The molecule has 0 spiro atoms. The van der Waals surface area contributed by atoms with E-state index >= 15 is 0 Å². The molecule has 1 saturated carbocycles. The van der Waals surface area contributed by atoms with Crippen LogP contribution < -0.4 is 0 Å². The Labute approximate surface area is 102 Å². The molecule has 92 valence electrons. The lowest BCUT2D eigenvalue weighted by molar-refractivity contribution is -0.138. The van der Waals surface area contributed by atoms with E-state index in [2.05, 4.69) is 4.98 Å². The minimum atomic E-state index is -0.664. The summed E-state index contributed by atoms with van der Waals surface area (Å²) in [4.78, 5) is 15.2. The largest absolute Gasteiger partial charge is 0.481 e. The van der Waals surface area contributed by atoms with E-state index in [1.165, 1.54) is 12.8 Å². The fourth-order valence-electron chi connectivity index (χ4n) is 2.83. The maximum absolute atomic E-state index is 10.8. The molecule has 0 bridgehead atoms. The van der Waals surface area contributed by atoms with Crippen LogP contribution in [0.25, 0.3) is 0 Å². The Bertz CT molecular complexity index is 364. The van der Waals surface area contributed by atoms with Crippen LogP contribution in [0.15, 0.2) is 24.4 Å².